The Labute approximate surface area is 285 Å². The highest BCUT2D eigenvalue weighted by Crippen LogP contribution is 2.46. The number of nitro groups is 1. The largest absolute Gasteiger partial charge is 0.379 e. The first-order chi connectivity index (χ1) is 22.6. The van der Waals surface area contributed by atoms with Crippen LogP contribution in [0.4, 0.5) is 11.4 Å². The molecular weight excluding hydrogens is 647 g/mol. The van der Waals surface area contributed by atoms with Gasteiger partial charge in [-0.05, 0) is 89.8 Å². The monoisotopic (exact) mass is 685 g/mol. The Morgan fingerprint density at radius 2 is 1.46 bits per heavy atom. The molecule has 0 fully saturated rings. The van der Waals surface area contributed by atoms with Crippen molar-refractivity contribution in [1.29, 1.82) is 0 Å². The van der Waals surface area contributed by atoms with Crippen LogP contribution >= 0.6 is 11.8 Å². The maximum absolute atomic E-state index is 13.6. The molecule has 0 heterocycles. The highest BCUT2D eigenvalue weighted by molar-refractivity contribution is 7.99. The van der Waals surface area contributed by atoms with Gasteiger partial charge in [0.15, 0.2) is 5.78 Å². The van der Waals surface area contributed by atoms with Crippen LogP contribution in [-0.4, -0.2) is 37.3 Å². The SMILES string of the molecule is Cc1cc2c(cc1C(=O)c1ccc(C(=O)NS(=O)(=O)c3ccc(NCCSc4ccccc4)c([N+](=O)[O-])c3)cc1)C(C)(C)CCC2(C)C. The van der Waals surface area contributed by atoms with Gasteiger partial charge >= 0.3 is 0 Å². The number of benzene rings is 4. The first kappa shape index (κ1) is 34.8. The van der Waals surface area contributed by atoms with Gasteiger partial charge < -0.3 is 5.32 Å². The molecular formula is C37H39N3O6S2. The lowest BCUT2D eigenvalue weighted by molar-refractivity contribution is -0.384. The van der Waals surface area contributed by atoms with Gasteiger partial charge in [-0.3, -0.25) is 19.7 Å². The van der Waals surface area contributed by atoms with Crippen LogP contribution in [-0.2, 0) is 20.9 Å². The molecule has 250 valence electrons. The van der Waals surface area contributed by atoms with Crippen LogP contribution in [0.25, 0.3) is 0 Å². The van der Waals surface area contributed by atoms with E-state index >= 15 is 0 Å². The first-order valence-corrected chi connectivity index (χ1v) is 18.1. The van der Waals surface area contributed by atoms with Crippen molar-refractivity contribution in [3.8, 4) is 0 Å². The minimum absolute atomic E-state index is 0.0122. The molecule has 0 unspecified atom stereocenters. The molecule has 4 aromatic carbocycles. The minimum Gasteiger partial charge on any atom is -0.379 e. The lowest BCUT2D eigenvalue weighted by atomic mass is 9.62. The average molecular weight is 686 g/mol. The van der Waals surface area contributed by atoms with Crippen LogP contribution in [0.2, 0.25) is 0 Å². The molecule has 1 aliphatic carbocycles. The van der Waals surface area contributed by atoms with E-state index in [0.29, 0.717) is 23.4 Å². The van der Waals surface area contributed by atoms with Gasteiger partial charge in [0.05, 0.1) is 9.82 Å². The summed E-state index contributed by atoms with van der Waals surface area (Å²) in [6.07, 6.45) is 2.08. The number of nitrogens with one attached hydrogen (secondary N) is 2. The third-order valence-corrected chi connectivity index (χ3v) is 11.3. The molecule has 0 radical (unpaired) electrons. The molecule has 0 aromatic heterocycles. The molecule has 48 heavy (non-hydrogen) atoms. The maximum atomic E-state index is 13.6. The lowest BCUT2D eigenvalue weighted by Gasteiger charge is -2.42. The van der Waals surface area contributed by atoms with Crippen LogP contribution in [0.5, 0.6) is 0 Å². The number of aryl methyl sites for hydroxylation is 1. The van der Waals surface area contributed by atoms with Gasteiger partial charge in [0.2, 0.25) is 0 Å². The van der Waals surface area contributed by atoms with Gasteiger partial charge in [-0.1, -0.05) is 64.1 Å². The molecule has 0 bridgehead atoms. The molecule has 0 spiro atoms. The number of nitro benzene ring substituents is 1. The average Bonchev–Trinajstić information content (AvgIpc) is 3.05. The van der Waals surface area contributed by atoms with Crippen molar-refractivity contribution in [2.24, 2.45) is 0 Å². The second-order valence-electron chi connectivity index (χ2n) is 13.3. The fourth-order valence-corrected chi connectivity index (χ4v) is 7.77. The van der Waals surface area contributed by atoms with Crippen LogP contribution in [0.15, 0.2) is 94.7 Å². The quantitative estimate of drug-likeness (QED) is 0.0537. The van der Waals surface area contributed by atoms with E-state index in [4.69, 9.17) is 0 Å². The van der Waals surface area contributed by atoms with Crippen LogP contribution in [0, 0.1) is 17.0 Å². The zero-order chi connectivity index (χ0) is 34.9. The van der Waals surface area contributed by atoms with Crippen molar-refractivity contribution in [3.63, 3.8) is 0 Å². The Balaban J connectivity index is 1.28. The zero-order valence-corrected chi connectivity index (χ0v) is 29.3. The Hall–Kier alpha value is -4.48. The summed E-state index contributed by atoms with van der Waals surface area (Å²) in [7, 11) is -4.45. The van der Waals surface area contributed by atoms with Crippen molar-refractivity contribution in [3.05, 3.63) is 128 Å². The van der Waals surface area contributed by atoms with Crippen LogP contribution in [0.3, 0.4) is 0 Å². The maximum Gasteiger partial charge on any atom is 0.293 e. The third kappa shape index (κ3) is 7.47. The lowest BCUT2D eigenvalue weighted by Crippen LogP contribution is -2.34. The smallest absolute Gasteiger partial charge is 0.293 e. The van der Waals surface area contributed by atoms with E-state index in [0.717, 1.165) is 29.4 Å². The van der Waals surface area contributed by atoms with E-state index in [1.54, 1.807) is 11.8 Å². The second kappa shape index (κ2) is 13.6. The molecule has 5 rings (SSSR count). The van der Waals surface area contributed by atoms with E-state index in [1.807, 2.05) is 48.0 Å². The van der Waals surface area contributed by atoms with Crippen molar-refractivity contribution >= 4 is 44.9 Å². The number of thioether (sulfide) groups is 1. The van der Waals surface area contributed by atoms with Gasteiger partial charge in [0, 0.05) is 39.9 Å². The summed E-state index contributed by atoms with van der Waals surface area (Å²) >= 11 is 1.58. The van der Waals surface area contributed by atoms with E-state index in [-0.39, 0.29) is 27.9 Å². The number of fused-ring (bicyclic) bond motifs is 1. The summed E-state index contributed by atoms with van der Waals surface area (Å²) in [4.78, 5) is 38.4. The Morgan fingerprint density at radius 3 is 2.08 bits per heavy atom. The highest BCUT2D eigenvalue weighted by atomic mass is 32.2. The molecule has 9 nitrogen and oxygen atoms in total. The predicted molar refractivity (Wildman–Crippen MR) is 190 cm³/mol. The van der Waals surface area contributed by atoms with Crippen LogP contribution in [0.1, 0.15) is 83.5 Å². The predicted octanol–water partition coefficient (Wildman–Crippen LogP) is 7.81. The Morgan fingerprint density at radius 1 is 0.854 bits per heavy atom. The van der Waals surface area contributed by atoms with Crippen molar-refractivity contribution in [2.75, 3.05) is 17.6 Å². The Kier molecular flexibility index (Phi) is 9.84. The van der Waals surface area contributed by atoms with Crippen molar-refractivity contribution in [2.45, 2.75) is 68.1 Å². The normalized spacial score (nSPS) is 14.9. The molecule has 2 N–H and O–H groups in total. The summed E-state index contributed by atoms with van der Waals surface area (Å²) in [6.45, 7) is 11.2. The molecule has 0 atom stereocenters. The number of rotatable bonds is 11. The number of sulfonamides is 1. The molecule has 1 aliphatic rings. The van der Waals surface area contributed by atoms with Gasteiger partial charge in [-0.25, -0.2) is 13.1 Å². The number of carbonyl (C=O) groups excluding carboxylic acids is 2. The number of amides is 1. The third-order valence-electron chi connectivity index (χ3n) is 8.98. The molecule has 0 saturated heterocycles. The van der Waals surface area contributed by atoms with E-state index in [2.05, 4.69) is 39.1 Å². The highest BCUT2D eigenvalue weighted by Gasteiger charge is 2.38. The van der Waals surface area contributed by atoms with Crippen molar-refractivity contribution in [1.82, 2.24) is 4.72 Å². The van der Waals surface area contributed by atoms with E-state index in [1.165, 1.54) is 47.5 Å². The number of anilines is 1. The molecule has 11 heteroatoms. The molecule has 1 amide bonds. The summed E-state index contributed by atoms with van der Waals surface area (Å²) in [5, 5.41) is 14.8. The molecule has 0 aliphatic heterocycles. The van der Waals surface area contributed by atoms with Gasteiger partial charge in [0.25, 0.3) is 21.6 Å². The number of carbonyl (C=O) groups is 2. The number of hydrogen-bond acceptors (Lipinski definition) is 8. The number of ketones is 1. The van der Waals surface area contributed by atoms with E-state index < -0.39 is 31.4 Å². The van der Waals surface area contributed by atoms with Gasteiger partial charge in [-0.15, -0.1) is 11.8 Å². The van der Waals surface area contributed by atoms with Gasteiger partial charge in [0.1, 0.15) is 5.69 Å². The fourth-order valence-electron chi connectivity index (χ4n) is 5.99. The Bertz CT molecular complexity index is 1990. The number of nitrogens with zero attached hydrogens (tertiary/aromatic N) is 1. The van der Waals surface area contributed by atoms with Crippen LogP contribution < -0.4 is 10.0 Å². The first-order valence-electron chi connectivity index (χ1n) is 15.7. The number of hydrogen-bond donors (Lipinski definition) is 2. The topological polar surface area (TPSA) is 135 Å². The zero-order valence-electron chi connectivity index (χ0n) is 27.6. The van der Waals surface area contributed by atoms with E-state index in [9.17, 15) is 28.1 Å². The summed E-state index contributed by atoms with van der Waals surface area (Å²) in [6, 6.07) is 23.0. The van der Waals surface area contributed by atoms with Crippen molar-refractivity contribution < 1.29 is 22.9 Å². The van der Waals surface area contributed by atoms with Gasteiger partial charge in [-0.2, -0.15) is 0 Å². The minimum atomic E-state index is -4.45. The molecule has 4 aromatic rings. The summed E-state index contributed by atoms with van der Waals surface area (Å²) < 4.78 is 28.2. The molecule has 0 saturated carbocycles. The fraction of sp³-hybridized carbons (Fsp3) is 0.297. The standard InChI is InChI=1S/C37H39N3O6S2/c1-24-21-30-31(37(4,5)18-17-36(30,2)3)23-29(24)34(41)25-11-13-26(14-12-25)35(42)39-48(45,46)28-15-16-32(33(22-28)40(43)44)38-19-20-47-27-9-7-6-8-10-27/h6-16,21-23,38H,17-20H2,1-5H3,(H,39,42). The second-order valence-corrected chi connectivity index (χ2v) is 16.2. The summed E-state index contributed by atoms with van der Waals surface area (Å²) in [5.74, 6) is -0.482. The summed E-state index contributed by atoms with van der Waals surface area (Å²) in [5.41, 5.74) is 3.96.